The average molecular weight is 580 g/mol. The first-order valence-corrected chi connectivity index (χ1v) is 15.5. The first-order valence-electron chi connectivity index (χ1n) is 14.1. The van der Waals surface area contributed by atoms with Crippen molar-refractivity contribution >= 4 is 27.5 Å². The molecule has 0 radical (unpaired) electrons. The number of anilines is 1. The molecule has 2 unspecified atom stereocenters. The zero-order valence-electron chi connectivity index (χ0n) is 24.5. The molecule has 0 bridgehead atoms. The van der Waals surface area contributed by atoms with Crippen LogP contribution >= 0.6 is 0 Å². The predicted molar refractivity (Wildman–Crippen MR) is 162 cm³/mol. The number of nitrogens with zero attached hydrogens (tertiary/aromatic N) is 2. The molecule has 0 fully saturated rings. The molecule has 0 spiro atoms. The van der Waals surface area contributed by atoms with Gasteiger partial charge in [0.1, 0.15) is 18.3 Å². The average Bonchev–Trinajstić information content (AvgIpc) is 2.96. The minimum atomic E-state index is -4.14. The van der Waals surface area contributed by atoms with Crippen molar-refractivity contribution in [3.05, 3.63) is 90.0 Å². The fourth-order valence-corrected chi connectivity index (χ4v) is 5.91. The number of hydrogen-bond acceptors (Lipinski definition) is 5. The highest BCUT2D eigenvalue weighted by atomic mass is 32.2. The standard InChI is InChI=1S/C32H41N3O5S/c1-6-25(5)33-32(37)30(7-2)34(22-26-14-12-13-24(4)21-26)31(36)23-35(27-15-10-9-11-16-27)41(38,39)29-19-17-28(18-20-29)40-8-3/h9-21,25,30H,6-8,22-23H2,1-5H3,(H,33,37). The molecule has 0 saturated carbocycles. The Kier molecular flexibility index (Phi) is 11.3. The Morgan fingerprint density at radius 1 is 0.902 bits per heavy atom. The summed E-state index contributed by atoms with van der Waals surface area (Å²) in [7, 11) is -4.14. The molecular weight excluding hydrogens is 538 g/mol. The monoisotopic (exact) mass is 579 g/mol. The molecule has 2 atom stereocenters. The molecule has 3 rings (SSSR count). The van der Waals surface area contributed by atoms with Crippen molar-refractivity contribution in [1.29, 1.82) is 0 Å². The minimum Gasteiger partial charge on any atom is -0.494 e. The smallest absolute Gasteiger partial charge is 0.264 e. The van der Waals surface area contributed by atoms with E-state index in [1.165, 1.54) is 17.0 Å². The summed E-state index contributed by atoms with van der Waals surface area (Å²) in [6.07, 6.45) is 1.12. The molecule has 41 heavy (non-hydrogen) atoms. The summed E-state index contributed by atoms with van der Waals surface area (Å²) >= 11 is 0. The second-order valence-electron chi connectivity index (χ2n) is 10.0. The Bertz CT molecular complexity index is 1390. The fourth-order valence-electron chi connectivity index (χ4n) is 4.49. The Labute approximate surface area is 244 Å². The van der Waals surface area contributed by atoms with E-state index < -0.39 is 28.5 Å². The fraction of sp³-hybridized carbons (Fsp3) is 0.375. The number of amides is 2. The van der Waals surface area contributed by atoms with Crippen molar-refractivity contribution in [2.24, 2.45) is 0 Å². The van der Waals surface area contributed by atoms with Crippen molar-refractivity contribution in [2.45, 2.75) is 71.0 Å². The highest BCUT2D eigenvalue weighted by Gasteiger charge is 2.34. The number of carbonyl (C=O) groups excluding carboxylic acids is 2. The lowest BCUT2D eigenvalue weighted by Crippen LogP contribution is -2.53. The van der Waals surface area contributed by atoms with Gasteiger partial charge in [0.15, 0.2) is 0 Å². The molecule has 0 saturated heterocycles. The lowest BCUT2D eigenvalue weighted by Gasteiger charge is -2.33. The maximum absolute atomic E-state index is 14.1. The Hall–Kier alpha value is -3.85. The SMILES string of the molecule is CCOc1ccc(S(=O)(=O)N(CC(=O)N(Cc2cccc(C)c2)C(CC)C(=O)NC(C)CC)c2ccccc2)cc1. The minimum absolute atomic E-state index is 0.0318. The van der Waals surface area contributed by atoms with Gasteiger partial charge in [-0.25, -0.2) is 8.42 Å². The number of nitrogens with one attached hydrogen (secondary N) is 1. The molecule has 0 aromatic heterocycles. The van der Waals surface area contributed by atoms with Gasteiger partial charge in [-0.3, -0.25) is 13.9 Å². The number of para-hydroxylation sites is 1. The van der Waals surface area contributed by atoms with Crippen LogP contribution in [0.2, 0.25) is 0 Å². The first-order chi connectivity index (χ1) is 19.6. The summed E-state index contributed by atoms with van der Waals surface area (Å²) in [6.45, 7) is 9.70. The molecule has 2 amide bonds. The van der Waals surface area contributed by atoms with Gasteiger partial charge in [0.2, 0.25) is 11.8 Å². The molecule has 0 aliphatic carbocycles. The van der Waals surface area contributed by atoms with Gasteiger partial charge < -0.3 is 15.0 Å². The van der Waals surface area contributed by atoms with E-state index in [0.29, 0.717) is 24.5 Å². The lowest BCUT2D eigenvalue weighted by atomic mass is 10.1. The Balaban J connectivity index is 2.02. The van der Waals surface area contributed by atoms with Crippen LogP contribution in [0.25, 0.3) is 0 Å². The molecule has 0 heterocycles. The van der Waals surface area contributed by atoms with Crippen molar-refractivity contribution in [2.75, 3.05) is 17.5 Å². The van der Waals surface area contributed by atoms with Crippen LogP contribution in [0, 0.1) is 6.92 Å². The van der Waals surface area contributed by atoms with E-state index in [-0.39, 0.29) is 23.4 Å². The quantitative estimate of drug-likeness (QED) is 0.279. The number of sulfonamides is 1. The van der Waals surface area contributed by atoms with E-state index >= 15 is 0 Å². The lowest BCUT2D eigenvalue weighted by molar-refractivity contribution is -0.140. The van der Waals surface area contributed by atoms with E-state index in [0.717, 1.165) is 21.9 Å². The Morgan fingerprint density at radius 2 is 1.59 bits per heavy atom. The largest absolute Gasteiger partial charge is 0.494 e. The maximum Gasteiger partial charge on any atom is 0.264 e. The van der Waals surface area contributed by atoms with Gasteiger partial charge in [0.25, 0.3) is 10.0 Å². The van der Waals surface area contributed by atoms with E-state index in [1.54, 1.807) is 42.5 Å². The molecule has 9 heteroatoms. The van der Waals surface area contributed by atoms with Crippen LogP contribution in [0.5, 0.6) is 5.75 Å². The van der Waals surface area contributed by atoms with Crippen molar-refractivity contribution < 1.29 is 22.7 Å². The van der Waals surface area contributed by atoms with E-state index in [4.69, 9.17) is 4.74 Å². The third-order valence-corrected chi connectivity index (χ3v) is 8.66. The molecule has 220 valence electrons. The highest BCUT2D eigenvalue weighted by molar-refractivity contribution is 7.92. The van der Waals surface area contributed by atoms with Gasteiger partial charge >= 0.3 is 0 Å². The molecule has 3 aromatic carbocycles. The van der Waals surface area contributed by atoms with Gasteiger partial charge in [-0.2, -0.15) is 0 Å². The molecule has 1 N–H and O–H groups in total. The van der Waals surface area contributed by atoms with Crippen LogP contribution < -0.4 is 14.4 Å². The van der Waals surface area contributed by atoms with Crippen LogP contribution in [-0.2, 0) is 26.2 Å². The zero-order chi connectivity index (χ0) is 30.0. The predicted octanol–water partition coefficient (Wildman–Crippen LogP) is 5.31. The first kappa shape index (κ1) is 31.7. The summed E-state index contributed by atoms with van der Waals surface area (Å²) in [5.74, 6) is -0.185. The van der Waals surface area contributed by atoms with E-state index in [1.807, 2.05) is 58.9 Å². The number of benzene rings is 3. The van der Waals surface area contributed by atoms with Crippen LogP contribution in [0.1, 0.15) is 51.7 Å². The summed E-state index contributed by atoms with van der Waals surface area (Å²) in [5, 5.41) is 2.99. The Morgan fingerprint density at radius 3 is 2.17 bits per heavy atom. The highest BCUT2D eigenvalue weighted by Crippen LogP contribution is 2.26. The van der Waals surface area contributed by atoms with Crippen molar-refractivity contribution in [3.63, 3.8) is 0 Å². The van der Waals surface area contributed by atoms with E-state index in [9.17, 15) is 18.0 Å². The molecule has 0 aliphatic rings. The number of aryl methyl sites for hydroxylation is 1. The van der Waals surface area contributed by atoms with Gasteiger partial charge in [0, 0.05) is 12.6 Å². The van der Waals surface area contributed by atoms with Crippen molar-refractivity contribution in [3.8, 4) is 5.75 Å². The van der Waals surface area contributed by atoms with Gasteiger partial charge in [-0.05, 0) is 75.6 Å². The van der Waals surface area contributed by atoms with Crippen LogP contribution in [0.3, 0.4) is 0 Å². The second kappa shape index (κ2) is 14.7. The molecule has 0 aliphatic heterocycles. The third-order valence-electron chi connectivity index (χ3n) is 6.87. The zero-order valence-corrected chi connectivity index (χ0v) is 25.4. The number of ether oxygens (including phenoxy) is 1. The summed E-state index contributed by atoms with van der Waals surface area (Å²) in [5.41, 5.74) is 2.23. The van der Waals surface area contributed by atoms with Gasteiger partial charge in [0.05, 0.1) is 17.2 Å². The number of rotatable bonds is 14. The van der Waals surface area contributed by atoms with Crippen LogP contribution in [0.15, 0.2) is 83.8 Å². The third kappa shape index (κ3) is 8.33. The van der Waals surface area contributed by atoms with E-state index in [2.05, 4.69) is 5.32 Å². The number of carbonyl (C=O) groups is 2. The van der Waals surface area contributed by atoms with Crippen LogP contribution in [0.4, 0.5) is 5.69 Å². The summed E-state index contributed by atoms with van der Waals surface area (Å²) in [6, 6.07) is 21.6. The molecule has 8 nitrogen and oxygen atoms in total. The number of hydrogen-bond donors (Lipinski definition) is 1. The van der Waals surface area contributed by atoms with Gasteiger partial charge in [-0.1, -0.05) is 61.9 Å². The molecule has 3 aromatic rings. The second-order valence-corrected chi connectivity index (χ2v) is 11.9. The maximum atomic E-state index is 14.1. The van der Waals surface area contributed by atoms with Gasteiger partial charge in [-0.15, -0.1) is 0 Å². The summed E-state index contributed by atoms with van der Waals surface area (Å²) < 4.78 is 34.5. The summed E-state index contributed by atoms with van der Waals surface area (Å²) in [4.78, 5) is 29.0. The van der Waals surface area contributed by atoms with Crippen molar-refractivity contribution in [1.82, 2.24) is 10.2 Å². The normalized spacial score (nSPS) is 12.7. The topological polar surface area (TPSA) is 96.0 Å². The molecular formula is C32H41N3O5S. The van der Waals surface area contributed by atoms with Crippen LogP contribution in [-0.4, -0.2) is 50.4 Å².